The van der Waals surface area contributed by atoms with Gasteiger partial charge >= 0.3 is 6.18 Å². The summed E-state index contributed by atoms with van der Waals surface area (Å²) in [5.41, 5.74) is 0.268. The van der Waals surface area contributed by atoms with Crippen LogP contribution in [0.3, 0.4) is 0 Å². The molecule has 0 aliphatic rings. The van der Waals surface area contributed by atoms with Crippen molar-refractivity contribution in [2.24, 2.45) is 0 Å². The summed E-state index contributed by atoms with van der Waals surface area (Å²) in [5.74, 6) is 0.0429. The van der Waals surface area contributed by atoms with Crippen LogP contribution in [0.25, 0.3) is 0 Å². The van der Waals surface area contributed by atoms with Crippen LogP contribution >= 0.6 is 0 Å². The van der Waals surface area contributed by atoms with Gasteiger partial charge in [0.1, 0.15) is 5.75 Å². The largest absolute Gasteiger partial charge is 0.484 e. The number of aliphatic hydroxyl groups is 1. The Bertz CT molecular complexity index is 301. The molecular weight excluding hydrogens is 199 g/mol. The van der Waals surface area contributed by atoms with Gasteiger partial charge in [-0.3, -0.25) is 4.98 Å². The van der Waals surface area contributed by atoms with E-state index in [4.69, 9.17) is 5.11 Å². The maximum atomic E-state index is 11.7. The van der Waals surface area contributed by atoms with Crippen molar-refractivity contribution in [3.05, 3.63) is 24.0 Å². The topological polar surface area (TPSA) is 42.4 Å². The Balaban J connectivity index is 2.59. The number of rotatable bonds is 3. The molecule has 1 rings (SSSR count). The first-order chi connectivity index (χ1) is 6.51. The van der Waals surface area contributed by atoms with E-state index in [1.165, 1.54) is 18.3 Å². The third-order valence-electron chi connectivity index (χ3n) is 1.35. The van der Waals surface area contributed by atoms with Gasteiger partial charge in [-0.15, -0.1) is 0 Å². The van der Waals surface area contributed by atoms with Crippen LogP contribution in [-0.2, 0) is 6.61 Å². The predicted molar refractivity (Wildman–Crippen MR) is 41.7 cm³/mol. The Morgan fingerprint density at radius 3 is 2.71 bits per heavy atom. The van der Waals surface area contributed by atoms with Crippen molar-refractivity contribution in [2.75, 3.05) is 6.61 Å². The fourth-order valence-corrected chi connectivity index (χ4v) is 0.797. The molecule has 0 saturated heterocycles. The van der Waals surface area contributed by atoms with Crippen LogP contribution in [0.5, 0.6) is 5.75 Å². The molecule has 0 unspecified atom stereocenters. The van der Waals surface area contributed by atoms with Crippen molar-refractivity contribution in [2.45, 2.75) is 12.8 Å². The second-order valence-corrected chi connectivity index (χ2v) is 2.54. The van der Waals surface area contributed by atoms with Crippen LogP contribution in [-0.4, -0.2) is 22.9 Å². The lowest BCUT2D eigenvalue weighted by molar-refractivity contribution is -0.153. The van der Waals surface area contributed by atoms with Crippen LogP contribution in [0, 0.1) is 0 Å². The monoisotopic (exact) mass is 207 g/mol. The zero-order chi connectivity index (χ0) is 10.6. The summed E-state index contributed by atoms with van der Waals surface area (Å²) in [4.78, 5) is 3.69. The van der Waals surface area contributed by atoms with E-state index in [1.807, 2.05) is 0 Å². The molecule has 0 radical (unpaired) electrons. The molecule has 0 bridgehead atoms. The maximum absolute atomic E-state index is 11.7. The lowest BCUT2D eigenvalue weighted by atomic mass is 10.3. The SMILES string of the molecule is OCc1cc(OCC(F)(F)F)ccn1. The molecule has 6 heteroatoms. The van der Waals surface area contributed by atoms with Crippen molar-refractivity contribution in [1.82, 2.24) is 4.98 Å². The van der Waals surface area contributed by atoms with E-state index in [0.717, 1.165) is 0 Å². The molecule has 0 amide bonds. The maximum Gasteiger partial charge on any atom is 0.422 e. The summed E-state index contributed by atoms with van der Waals surface area (Å²) < 4.78 is 39.6. The average Bonchev–Trinajstić information content (AvgIpc) is 2.14. The molecule has 0 aliphatic heterocycles. The number of aromatic nitrogens is 1. The van der Waals surface area contributed by atoms with E-state index in [-0.39, 0.29) is 18.1 Å². The Morgan fingerprint density at radius 1 is 1.43 bits per heavy atom. The van der Waals surface area contributed by atoms with Gasteiger partial charge in [0, 0.05) is 12.3 Å². The van der Waals surface area contributed by atoms with Gasteiger partial charge in [0.15, 0.2) is 6.61 Å². The van der Waals surface area contributed by atoms with Crippen molar-refractivity contribution in [3.8, 4) is 5.75 Å². The van der Waals surface area contributed by atoms with E-state index in [1.54, 1.807) is 0 Å². The molecule has 0 aliphatic carbocycles. The van der Waals surface area contributed by atoms with E-state index in [2.05, 4.69) is 9.72 Å². The highest BCUT2D eigenvalue weighted by Gasteiger charge is 2.28. The number of ether oxygens (including phenoxy) is 1. The summed E-state index contributed by atoms with van der Waals surface area (Å²) in [7, 11) is 0. The first-order valence-corrected chi connectivity index (χ1v) is 3.76. The normalized spacial score (nSPS) is 11.4. The summed E-state index contributed by atoms with van der Waals surface area (Å²) in [6.45, 7) is -1.68. The predicted octanol–water partition coefficient (Wildman–Crippen LogP) is 1.51. The van der Waals surface area contributed by atoms with E-state index >= 15 is 0 Å². The van der Waals surface area contributed by atoms with Crippen molar-refractivity contribution in [1.29, 1.82) is 0 Å². The third kappa shape index (κ3) is 3.61. The van der Waals surface area contributed by atoms with Crippen LogP contribution in [0.1, 0.15) is 5.69 Å². The lowest BCUT2D eigenvalue weighted by Gasteiger charge is -2.09. The van der Waals surface area contributed by atoms with Gasteiger partial charge in [-0.1, -0.05) is 0 Å². The highest BCUT2D eigenvalue weighted by Crippen LogP contribution is 2.18. The Hall–Kier alpha value is -1.30. The molecule has 1 N–H and O–H groups in total. The highest BCUT2D eigenvalue weighted by molar-refractivity contribution is 5.22. The molecule has 78 valence electrons. The van der Waals surface area contributed by atoms with Crippen LogP contribution in [0.15, 0.2) is 18.3 Å². The van der Waals surface area contributed by atoms with Crippen molar-refractivity contribution in [3.63, 3.8) is 0 Å². The molecule has 14 heavy (non-hydrogen) atoms. The fourth-order valence-electron chi connectivity index (χ4n) is 0.797. The van der Waals surface area contributed by atoms with Gasteiger partial charge in [0.25, 0.3) is 0 Å². The Labute approximate surface area is 78.2 Å². The first-order valence-electron chi connectivity index (χ1n) is 3.76. The molecule has 1 heterocycles. The molecule has 1 aromatic heterocycles. The summed E-state index contributed by atoms with van der Waals surface area (Å²) in [6.07, 6.45) is -3.08. The molecule has 0 atom stereocenters. The zero-order valence-electron chi connectivity index (χ0n) is 7.08. The van der Waals surface area contributed by atoms with Crippen molar-refractivity contribution >= 4 is 0 Å². The lowest BCUT2D eigenvalue weighted by Crippen LogP contribution is -2.19. The summed E-state index contributed by atoms with van der Waals surface area (Å²) >= 11 is 0. The summed E-state index contributed by atoms with van der Waals surface area (Å²) in [5, 5.41) is 8.65. The molecule has 0 saturated carbocycles. The number of aliphatic hydroxyl groups excluding tert-OH is 1. The second-order valence-electron chi connectivity index (χ2n) is 2.54. The number of hydrogen-bond acceptors (Lipinski definition) is 3. The van der Waals surface area contributed by atoms with Crippen LogP contribution in [0.2, 0.25) is 0 Å². The molecule has 0 fully saturated rings. The smallest absolute Gasteiger partial charge is 0.422 e. The second kappa shape index (κ2) is 4.28. The molecule has 3 nitrogen and oxygen atoms in total. The van der Waals surface area contributed by atoms with E-state index in [0.29, 0.717) is 0 Å². The van der Waals surface area contributed by atoms with Gasteiger partial charge < -0.3 is 9.84 Å². The standard InChI is InChI=1S/C8H8F3NO2/c9-8(10,11)5-14-7-1-2-12-6(3-7)4-13/h1-3,13H,4-5H2. The highest BCUT2D eigenvalue weighted by atomic mass is 19.4. The van der Waals surface area contributed by atoms with Crippen LogP contribution < -0.4 is 4.74 Å². The number of alkyl halides is 3. The van der Waals surface area contributed by atoms with E-state index < -0.39 is 12.8 Å². The number of pyridine rings is 1. The van der Waals surface area contributed by atoms with Gasteiger partial charge in [0.05, 0.1) is 12.3 Å². The minimum atomic E-state index is -4.36. The average molecular weight is 207 g/mol. The minimum Gasteiger partial charge on any atom is -0.484 e. The van der Waals surface area contributed by atoms with Crippen LogP contribution in [0.4, 0.5) is 13.2 Å². The molecule has 1 aromatic rings. The molecule has 0 aromatic carbocycles. The minimum absolute atomic E-state index is 0.0429. The number of nitrogens with zero attached hydrogens (tertiary/aromatic N) is 1. The first kappa shape index (κ1) is 10.8. The summed E-state index contributed by atoms with van der Waals surface area (Å²) in [6, 6.07) is 2.55. The Morgan fingerprint density at radius 2 is 2.14 bits per heavy atom. The number of halogens is 3. The van der Waals surface area contributed by atoms with Gasteiger partial charge in [-0.2, -0.15) is 13.2 Å². The van der Waals surface area contributed by atoms with Crippen molar-refractivity contribution < 1.29 is 23.0 Å². The Kier molecular flexibility index (Phi) is 3.29. The van der Waals surface area contributed by atoms with Gasteiger partial charge in [-0.25, -0.2) is 0 Å². The van der Waals surface area contributed by atoms with Gasteiger partial charge in [0.2, 0.25) is 0 Å². The zero-order valence-corrected chi connectivity index (χ0v) is 7.08. The van der Waals surface area contributed by atoms with Gasteiger partial charge in [-0.05, 0) is 6.07 Å². The number of hydrogen-bond donors (Lipinski definition) is 1. The van der Waals surface area contributed by atoms with E-state index in [9.17, 15) is 13.2 Å². The quantitative estimate of drug-likeness (QED) is 0.816. The fraction of sp³-hybridized carbons (Fsp3) is 0.375. The molecular formula is C8H8F3NO2. The molecule has 0 spiro atoms. The third-order valence-corrected chi connectivity index (χ3v) is 1.35.